The molecule has 2 atom stereocenters. The van der Waals surface area contributed by atoms with Crippen LogP contribution in [0.25, 0.3) is 10.9 Å². The molecule has 2 amide bonds. The molecule has 2 aromatic heterocycles. The quantitative estimate of drug-likeness (QED) is 0.422. The number of rotatable bonds is 7. The van der Waals surface area contributed by atoms with Crippen LogP contribution in [0.1, 0.15) is 29.3 Å². The molecule has 2 aliphatic heterocycles. The Labute approximate surface area is 214 Å². The number of amides is 2. The first-order valence-corrected chi connectivity index (χ1v) is 12.5. The van der Waals surface area contributed by atoms with Gasteiger partial charge in [-0.2, -0.15) is 0 Å². The summed E-state index contributed by atoms with van der Waals surface area (Å²) < 4.78 is 13.3. The van der Waals surface area contributed by atoms with Gasteiger partial charge >= 0.3 is 0 Å². The van der Waals surface area contributed by atoms with Crippen molar-refractivity contribution in [3.05, 3.63) is 78.0 Å². The van der Waals surface area contributed by atoms with E-state index < -0.39 is 12.1 Å². The van der Waals surface area contributed by atoms with Crippen LogP contribution in [0.3, 0.4) is 0 Å². The molecule has 1 fully saturated rings. The number of methoxy groups -OCH3 is 2. The summed E-state index contributed by atoms with van der Waals surface area (Å²) in [5.41, 5.74) is 3.75. The van der Waals surface area contributed by atoms with Gasteiger partial charge < -0.3 is 28.8 Å². The molecule has 190 valence electrons. The number of nitrogens with zero attached hydrogens (tertiary/aromatic N) is 4. The lowest BCUT2D eigenvalue weighted by Crippen LogP contribution is -2.63. The highest BCUT2D eigenvalue weighted by Crippen LogP contribution is 2.46. The topological polar surface area (TPSA) is 92.7 Å². The average molecular weight is 500 g/mol. The summed E-state index contributed by atoms with van der Waals surface area (Å²) >= 11 is 0. The third-order valence-corrected chi connectivity index (χ3v) is 7.47. The van der Waals surface area contributed by atoms with Crippen molar-refractivity contribution in [3.63, 3.8) is 0 Å². The Morgan fingerprint density at radius 1 is 1.05 bits per heavy atom. The summed E-state index contributed by atoms with van der Waals surface area (Å²) in [7, 11) is 3.19. The summed E-state index contributed by atoms with van der Waals surface area (Å²) in [4.78, 5) is 38.7. The summed E-state index contributed by atoms with van der Waals surface area (Å²) in [6.07, 6.45) is 6.60. The molecule has 6 rings (SSSR count). The highest BCUT2D eigenvalue weighted by molar-refractivity contribution is 5.97. The number of aromatic nitrogens is 3. The summed E-state index contributed by atoms with van der Waals surface area (Å²) in [6.45, 7) is 1.31. The minimum absolute atomic E-state index is 0.0203. The lowest BCUT2D eigenvalue weighted by atomic mass is 9.85. The van der Waals surface area contributed by atoms with Crippen LogP contribution in [0.5, 0.6) is 11.5 Å². The normalized spacial score (nSPS) is 19.2. The number of carbonyl (C=O) groups is 2. The predicted molar refractivity (Wildman–Crippen MR) is 137 cm³/mol. The highest BCUT2D eigenvalue weighted by Gasteiger charge is 2.48. The number of imidazole rings is 1. The van der Waals surface area contributed by atoms with Crippen molar-refractivity contribution < 1.29 is 19.1 Å². The number of hydrogen-bond acceptors (Lipinski definition) is 5. The number of nitrogens with one attached hydrogen (secondary N) is 1. The van der Waals surface area contributed by atoms with E-state index in [0.29, 0.717) is 24.5 Å². The monoisotopic (exact) mass is 499 g/mol. The van der Waals surface area contributed by atoms with Crippen molar-refractivity contribution >= 4 is 22.7 Å². The molecule has 0 aliphatic carbocycles. The molecule has 0 radical (unpaired) electrons. The largest absolute Gasteiger partial charge is 0.493 e. The van der Waals surface area contributed by atoms with Crippen molar-refractivity contribution in [2.45, 2.75) is 31.5 Å². The number of aromatic amines is 1. The van der Waals surface area contributed by atoms with Gasteiger partial charge in [0, 0.05) is 54.1 Å². The van der Waals surface area contributed by atoms with Crippen LogP contribution in [0.4, 0.5) is 0 Å². The smallest absolute Gasteiger partial charge is 0.246 e. The Hall–Kier alpha value is -4.27. The fourth-order valence-corrected chi connectivity index (χ4v) is 5.83. The first kappa shape index (κ1) is 23.1. The standard InChI is InChI=1S/C28H29N5O4/c1-36-23-10-5-8-19(27(23)37-2)26-25-20(18-7-3-4-9-21(18)30-25)15-22-28(35)32(16-24(34)33(22)26)13-6-12-31-14-11-29-17-31/h3-5,7-11,14,17,22,26,30H,6,12-13,15-16H2,1-2H3/t22-,26?/m0/s1. The van der Waals surface area contributed by atoms with E-state index in [4.69, 9.17) is 9.47 Å². The number of benzene rings is 2. The van der Waals surface area contributed by atoms with Crippen molar-refractivity contribution in [1.82, 2.24) is 24.3 Å². The van der Waals surface area contributed by atoms with Gasteiger partial charge in [-0.1, -0.05) is 30.3 Å². The fourth-order valence-electron chi connectivity index (χ4n) is 5.83. The van der Waals surface area contributed by atoms with Crippen LogP contribution in [0, 0.1) is 0 Å². The molecule has 0 bridgehead atoms. The molecule has 9 heteroatoms. The zero-order chi connectivity index (χ0) is 25.5. The predicted octanol–water partition coefficient (Wildman–Crippen LogP) is 3.16. The van der Waals surface area contributed by atoms with Crippen molar-refractivity contribution in [2.75, 3.05) is 27.3 Å². The molecule has 1 saturated heterocycles. The van der Waals surface area contributed by atoms with Crippen molar-refractivity contribution in [2.24, 2.45) is 0 Å². The molecule has 4 heterocycles. The van der Waals surface area contributed by atoms with Crippen LogP contribution >= 0.6 is 0 Å². The minimum Gasteiger partial charge on any atom is -0.493 e. The second-order valence-corrected chi connectivity index (χ2v) is 9.48. The molecule has 1 N–H and O–H groups in total. The number of H-pyrrole nitrogens is 1. The molecule has 4 aromatic rings. The summed E-state index contributed by atoms with van der Waals surface area (Å²) in [5.74, 6) is 1.04. The third-order valence-electron chi connectivity index (χ3n) is 7.47. The molecule has 1 unspecified atom stereocenters. The van der Waals surface area contributed by atoms with Gasteiger partial charge in [0.1, 0.15) is 12.1 Å². The van der Waals surface area contributed by atoms with Gasteiger partial charge in [-0.05, 0) is 24.1 Å². The van der Waals surface area contributed by atoms with Gasteiger partial charge in [0.05, 0.1) is 27.1 Å². The summed E-state index contributed by atoms with van der Waals surface area (Å²) in [5, 5.41) is 1.07. The molecule has 37 heavy (non-hydrogen) atoms. The van der Waals surface area contributed by atoms with Gasteiger partial charge in [0.25, 0.3) is 0 Å². The zero-order valence-corrected chi connectivity index (χ0v) is 20.9. The maximum atomic E-state index is 13.9. The first-order valence-electron chi connectivity index (χ1n) is 12.5. The molecular formula is C28H29N5O4. The highest BCUT2D eigenvalue weighted by atomic mass is 16.5. The van der Waals surface area contributed by atoms with E-state index >= 15 is 0 Å². The Morgan fingerprint density at radius 2 is 1.92 bits per heavy atom. The SMILES string of the molecule is COc1cccc(C2c3[nH]c4ccccc4c3C[C@H]3C(=O)N(CCCn4ccnc4)CC(=O)N23)c1OC. The molecule has 0 spiro atoms. The number of para-hydroxylation sites is 2. The Morgan fingerprint density at radius 3 is 2.70 bits per heavy atom. The number of aryl methyl sites for hydroxylation is 1. The van der Waals surface area contributed by atoms with E-state index in [1.54, 1.807) is 36.5 Å². The van der Waals surface area contributed by atoms with Crippen LogP contribution < -0.4 is 9.47 Å². The van der Waals surface area contributed by atoms with Gasteiger partial charge in [0.2, 0.25) is 11.8 Å². The second kappa shape index (κ2) is 9.31. The zero-order valence-electron chi connectivity index (χ0n) is 20.9. The van der Waals surface area contributed by atoms with Crippen LogP contribution in [0.2, 0.25) is 0 Å². The lowest BCUT2D eigenvalue weighted by molar-refractivity contribution is -0.158. The van der Waals surface area contributed by atoms with Crippen molar-refractivity contribution in [3.8, 4) is 11.5 Å². The molecule has 2 aromatic carbocycles. The molecular weight excluding hydrogens is 470 g/mol. The van der Waals surface area contributed by atoms with E-state index in [-0.39, 0.29) is 18.4 Å². The fraction of sp³-hybridized carbons (Fsp3) is 0.321. The van der Waals surface area contributed by atoms with E-state index in [2.05, 4.69) is 16.0 Å². The second-order valence-electron chi connectivity index (χ2n) is 9.48. The number of fused-ring (bicyclic) bond motifs is 4. The molecule has 2 aliphatic rings. The maximum absolute atomic E-state index is 13.9. The maximum Gasteiger partial charge on any atom is 0.246 e. The van der Waals surface area contributed by atoms with Crippen LogP contribution in [-0.2, 0) is 22.6 Å². The van der Waals surface area contributed by atoms with Gasteiger partial charge in [-0.25, -0.2) is 4.98 Å². The van der Waals surface area contributed by atoms with E-state index in [9.17, 15) is 9.59 Å². The van der Waals surface area contributed by atoms with E-state index in [1.165, 1.54) is 0 Å². The Bertz CT molecular complexity index is 1460. The Kier molecular flexibility index (Phi) is 5.82. The summed E-state index contributed by atoms with van der Waals surface area (Å²) in [6, 6.07) is 12.6. The van der Waals surface area contributed by atoms with E-state index in [0.717, 1.165) is 40.7 Å². The molecule has 9 nitrogen and oxygen atoms in total. The lowest BCUT2D eigenvalue weighted by Gasteiger charge is -2.47. The molecule has 0 saturated carbocycles. The van der Waals surface area contributed by atoms with Crippen LogP contribution in [0.15, 0.2) is 61.2 Å². The first-order chi connectivity index (χ1) is 18.1. The third kappa shape index (κ3) is 3.82. The minimum atomic E-state index is -0.595. The van der Waals surface area contributed by atoms with Crippen molar-refractivity contribution in [1.29, 1.82) is 0 Å². The van der Waals surface area contributed by atoms with Gasteiger partial charge in [-0.15, -0.1) is 0 Å². The Balaban J connectivity index is 1.42. The van der Waals surface area contributed by atoms with Gasteiger partial charge in [-0.3, -0.25) is 9.59 Å². The number of ether oxygens (including phenoxy) is 2. The number of carbonyl (C=O) groups excluding carboxylic acids is 2. The number of piperazine rings is 1. The average Bonchev–Trinajstić information content (AvgIpc) is 3.57. The number of hydrogen-bond donors (Lipinski definition) is 1. The van der Waals surface area contributed by atoms with Gasteiger partial charge in [0.15, 0.2) is 11.5 Å². The van der Waals surface area contributed by atoms with E-state index in [1.807, 2.05) is 47.2 Å². The van der Waals surface area contributed by atoms with Crippen LogP contribution in [-0.4, -0.2) is 69.5 Å².